The van der Waals surface area contributed by atoms with Crippen LogP contribution in [0.2, 0.25) is 0 Å². The van der Waals surface area contributed by atoms with Crippen molar-refractivity contribution in [3.05, 3.63) is 35.4 Å². The number of nitrogens with zero attached hydrogens (tertiary/aromatic N) is 3. The monoisotopic (exact) mass is 527 g/mol. The highest BCUT2D eigenvalue weighted by atomic mass is 127. The summed E-state index contributed by atoms with van der Waals surface area (Å²) in [5.41, 5.74) is 2.30. The average molecular weight is 527 g/mol. The van der Waals surface area contributed by atoms with Crippen LogP contribution >= 0.6 is 24.0 Å². The number of benzene rings is 1. The van der Waals surface area contributed by atoms with Crippen molar-refractivity contribution in [2.45, 2.75) is 52.1 Å². The molecule has 2 aliphatic rings. The van der Waals surface area contributed by atoms with Crippen molar-refractivity contribution in [3.8, 4) is 0 Å². The van der Waals surface area contributed by atoms with Gasteiger partial charge in [-0.1, -0.05) is 24.3 Å². The Labute approximate surface area is 196 Å². The van der Waals surface area contributed by atoms with Crippen LogP contribution in [0.1, 0.15) is 50.2 Å². The first-order chi connectivity index (χ1) is 14.2. The lowest BCUT2D eigenvalue weighted by Crippen LogP contribution is -2.39. The number of nitrogens with one attached hydrogen (secondary N) is 2. The van der Waals surface area contributed by atoms with E-state index in [-0.39, 0.29) is 35.8 Å². The minimum absolute atomic E-state index is 0. The zero-order chi connectivity index (χ0) is 20.5. The Morgan fingerprint density at radius 2 is 1.60 bits per heavy atom. The molecule has 1 aromatic rings. The zero-order valence-electron chi connectivity index (χ0n) is 17.9. The second-order valence-electron chi connectivity index (χ2n) is 7.70. The van der Waals surface area contributed by atoms with Gasteiger partial charge < -0.3 is 20.4 Å². The molecule has 166 valence electrons. The van der Waals surface area contributed by atoms with Crippen LogP contribution in [-0.4, -0.2) is 60.3 Å². The number of amides is 2. The molecule has 0 aromatic heterocycles. The fourth-order valence-electron chi connectivity index (χ4n) is 3.77. The summed E-state index contributed by atoms with van der Waals surface area (Å²) in [6, 6.07) is 8.34. The van der Waals surface area contributed by atoms with Gasteiger partial charge in [-0.2, -0.15) is 0 Å². The first-order valence-electron chi connectivity index (χ1n) is 10.8. The van der Waals surface area contributed by atoms with E-state index in [1.54, 1.807) is 0 Å². The molecule has 8 heteroatoms. The van der Waals surface area contributed by atoms with Crippen molar-refractivity contribution in [1.82, 2.24) is 20.4 Å². The first-order valence-corrected chi connectivity index (χ1v) is 10.8. The van der Waals surface area contributed by atoms with Crippen LogP contribution in [0.4, 0.5) is 0 Å². The zero-order valence-corrected chi connectivity index (χ0v) is 20.2. The summed E-state index contributed by atoms with van der Waals surface area (Å²) in [6.07, 6.45) is 4.26. The fourth-order valence-corrected chi connectivity index (χ4v) is 3.77. The average Bonchev–Trinajstić information content (AvgIpc) is 3.32. The Balaban J connectivity index is 0.00000320. The van der Waals surface area contributed by atoms with E-state index in [1.807, 2.05) is 9.80 Å². The van der Waals surface area contributed by atoms with Crippen LogP contribution in [0, 0.1) is 0 Å². The lowest BCUT2D eigenvalue weighted by atomic mass is 10.1. The third kappa shape index (κ3) is 7.45. The molecular weight excluding hydrogens is 493 g/mol. The molecule has 0 unspecified atom stereocenters. The molecular formula is C22H34IN5O2. The molecule has 2 fully saturated rings. The maximum absolute atomic E-state index is 11.8. The van der Waals surface area contributed by atoms with Gasteiger partial charge in [0, 0.05) is 52.1 Å². The van der Waals surface area contributed by atoms with E-state index in [0.717, 1.165) is 69.1 Å². The Hall–Kier alpha value is -1.84. The van der Waals surface area contributed by atoms with E-state index in [9.17, 15) is 9.59 Å². The highest BCUT2D eigenvalue weighted by Crippen LogP contribution is 2.15. The predicted octanol–water partition coefficient (Wildman–Crippen LogP) is 2.49. The van der Waals surface area contributed by atoms with Crippen molar-refractivity contribution in [3.63, 3.8) is 0 Å². The topological polar surface area (TPSA) is 77.0 Å². The van der Waals surface area contributed by atoms with Crippen molar-refractivity contribution >= 4 is 41.8 Å². The number of rotatable bonds is 9. The predicted molar refractivity (Wildman–Crippen MR) is 130 cm³/mol. The molecule has 0 bridgehead atoms. The minimum atomic E-state index is 0. The molecule has 0 saturated carbocycles. The molecule has 2 saturated heterocycles. The maximum atomic E-state index is 11.8. The van der Waals surface area contributed by atoms with E-state index < -0.39 is 0 Å². The Kier molecular flexibility index (Phi) is 10.4. The van der Waals surface area contributed by atoms with E-state index in [4.69, 9.17) is 0 Å². The smallest absolute Gasteiger partial charge is 0.222 e. The van der Waals surface area contributed by atoms with Crippen LogP contribution in [-0.2, 0) is 22.7 Å². The summed E-state index contributed by atoms with van der Waals surface area (Å²) < 4.78 is 0. The minimum Gasteiger partial charge on any atom is -0.357 e. The quantitative estimate of drug-likeness (QED) is 0.224. The lowest BCUT2D eigenvalue weighted by Gasteiger charge is -2.16. The third-order valence-electron chi connectivity index (χ3n) is 5.40. The van der Waals surface area contributed by atoms with Crippen LogP contribution < -0.4 is 10.6 Å². The highest BCUT2D eigenvalue weighted by Gasteiger charge is 2.20. The SMILES string of the molecule is CCNC(=NCc1ccc(CN2CCCC2=O)cc1)NCCCN1CCCC1=O.I. The van der Waals surface area contributed by atoms with E-state index in [1.165, 1.54) is 0 Å². The number of carbonyl (C=O) groups excluding carboxylic acids is 2. The van der Waals surface area contributed by atoms with Crippen molar-refractivity contribution in [1.29, 1.82) is 0 Å². The number of hydrogen-bond acceptors (Lipinski definition) is 3. The van der Waals surface area contributed by atoms with Gasteiger partial charge in [0.05, 0.1) is 6.54 Å². The summed E-state index contributed by atoms with van der Waals surface area (Å²) in [5.74, 6) is 1.34. The summed E-state index contributed by atoms with van der Waals surface area (Å²) in [7, 11) is 0. The molecule has 0 atom stereocenters. The van der Waals surface area contributed by atoms with Gasteiger partial charge in [0.1, 0.15) is 0 Å². The van der Waals surface area contributed by atoms with Crippen LogP contribution in [0.5, 0.6) is 0 Å². The van der Waals surface area contributed by atoms with Gasteiger partial charge in [-0.05, 0) is 37.3 Å². The van der Waals surface area contributed by atoms with E-state index in [2.05, 4.69) is 46.8 Å². The van der Waals surface area contributed by atoms with Gasteiger partial charge in [0.15, 0.2) is 5.96 Å². The molecule has 0 spiro atoms. The van der Waals surface area contributed by atoms with E-state index in [0.29, 0.717) is 25.9 Å². The molecule has 0 radical (unpaired) electrons. The Bertz CT molecular complexity index is 723. The third-order valence-corrected chi connectivity index (χ3v) is 5.40. The molecule has 2 amide bonds. The largest absolute Gasteiger partial charge is 0.357 e. The maximum Gasteiger partial charge on any atom is 0.222 e. The molecule has 3 rings (SSSR count). The molecule has 30 heavy (non-hydrogen) atoms. The second-order valence-corrected chi connectivity index (χ2v) is 7.70. The molecule has 2 N–H and O–H groups in total. The molecule has 2 aliphatic heterocycles. The van der Waals surface area contributed by atoms with Gasteiger partial charge in [-0.15, -0.1) is 24.0 Å². The number of likely N-dealkylation sites (tertiary alicyclic amines) is 2. The number of carbonyl (C=O) groups is 2. The Morgan fingerprint density at radius 1 is 0.967 bits per heavy atom. The van der Waals surface area contributed by atoms with Crippen molar-refractivity contribution in [2.24, 2.45) is 4.99 Å². The van der Waals surface area contributed by atoms with Crippen molar-refractivity contribution in [2.75, 3.05) is 32.7 Å². The molecule has 2 heterocycles. The van der Waals surface area contributed by atoms with Crippen LogP contribution in [0.3, 0.4) is 0 Å². The van der Waals surface area contributed by atoms with Gasteiger partial charge in [-0.25, -0.2) is 4.99 Å². The molecule has 0 aliphatic carbocycles. The number of hydrogen-bond donors (Lipinski definition) is 2. The molecule has 7 nitrogen and oxygen atoms in total. The van der Waals surface area contributed by atoms with Gasteiger partial charge in [0.2, 0.25) is 11.8 Å². The number of halogens is 1. The second kappa shape index (κ2) is 12.8. The number of guanidine groups is 1. The summed E-state index contributed by atoms with van der Waals surface area (Å²) in [6.45, 7) is 7.52. The standard InChI is InChI=1S/C22H33N5O2.HI/c1-2-23-22(24-12-5-15-26-13-3-6-20(26)28)25-16-18-8-10-19(11-9-18)17-27-14-4-7-21(27)29;/h8-11H,2-7,12-17H2,1H3,(H2,23,24,25);1H. The van der Waals surface area contributed by atoms with Gasteiger partial charge in [-0.3, -0.25) is 9.59 Å². The lowest BCUT2D eigenvalue weighted by molar-refractivity contribution is -0.128. The normalized spacial score (nSPS) is 16.8. The summed E-state index contributed by atoms with van der Waals surface area (Å²) >= 11 is 0. The van der Waals surface area contributed by atoms with Crippen LogP contribution in [0.25, 0.3) is 0 Å². The molecule has 1 aromatic carbocycles. The van der Waals surface area contributed by atoms with Gasteiger partial charge in [0.25, 0.3) is 0 Å². The highest BCUT2D eigenvalue weighted by molar-refractivity contribution is 14.0. The van der Waals surface area contributed by atoms with Gasteiger partial charge >= 0.3 is 0 Å². The fraction of sp³-hybridized carbons (Fsp3) is 0.591. The van der Waals surface area contributed by atoms with E-state index >= 15 is 0 Å². The van der Waals surface area contributed by atoms with Crippen molar-refractivity contribution < 1.29 is 9.59 Å². The first kappa shape index (κ1) is 24.4. The summed E-state index contributed by atoms with van der Waals surface area (Å²) in [4.78, 5) is 31.9. The Morgan fingerprint density at radius 3 is 2.20 bits per heavy atom. The summed E-state index contributed by atoms with van der Waals surface area (Å²) in [5, 5.41) is 6.62. The van der Waals surface area contributed by atoms with Crippen LogP contribution in [0.15, 0.2) is 29.3 Å². The number of aliphatic imine (C=N–C) groups is 1.